The van der Waals surface area contributed by atoms with Crippen molar-refractivity contribution in [3.63, 3.8) is 0 Å². The van der Waals surface area contributed by atoms with Gasteiger partial charge >= 0.3 is 0 Å². The van der Waals surface area contributed by atoms with Gasteiger partial charge in [0.1, 0.15) is 5.82 Å². The second-order valence-electron chi connectivity index (χ2n) is 3.56. The molecule has 0 aromatic carbocycles. The van der Waals surface area contributed by atoms with Crippen LogP contribution in [0, 0.1) is 6.92 Å². The molecule has 1 aliphatic heterocycles. The highest BCUT2D eigenvalue weighted by Gasteiger charge is 2.23. The van der Waals surface area contributed by atoms with E-state index >= 15 is 0 Å². The Hall–Kier alpha value is -1.01. The average molecular weight is 226 g/mol. The molecule has 0 spiro atoms. The van der Waals surface area contributed by atoms with E-state index in [9.17, 15) is 4.79 Å². The first-order valence-electron chi connectivity index (χ1n) is 4.79. The largest absolute Gasteiger partial charge is 0.310 e. The van der Waals surface area contributed by atoms with Crippen LogP contribution in [0.5, 0.6) is 0 Å². The standard InChI is InChI=1S/C9H14N4OS/c1-6-3-8(13(2)12-6)11-9(14)7-4-15-5-10-7/h3,7,10H,4-5H2,1-2H3,(H,11,14)/t7-/m1/s1. The maximum atomic E-state index is 11.7. The molecule has 0 aliphatic carbocycles. The summed E-state index contributed by atoms with van der Waals surface area (Å²) in [7, 11) is 1.82. The average Bonchev–Trinajstić information content (AvgIpc) is 2.76. The van der Waals surface area contributed by atoms with Crippen LogP contribution in [-0.2, 0) is 11.8 Å². The van der Waals surface area contributed by atoms with Gasteiger partial charge in [0.2, 0.25) is 5.91 Å². The molecule has 5 nitrogen and oxygen atoms in total. The molecule has 1 saturated heterocycles. The van der Waals surface area contributed by atoms with Gasteiger partial charge < -0.3 is 5.32 Å². The number of nitrogens with zero attached hydrogens (tertiary/aromatic N) is 2. The Labute approximate surface area is 92.6 Å². The summed E-state index contributed by atoms with van der Waals surface area (Å²) in [4.78, 5) is 11.7. The van der Waals surface area contributed by atoms with Gasteiger partial charge in [-0.2, -0.15) is 5.10 Å². The Morgan fingerprint density at radius 1 is 1.80 bits per heavy atom. The molecule has 0 radical (unpaired) electrons. The van der Waals surface area contributed by atoms with Gasteiger partial charge in [-0.15, -0.1) is 11.8 Å². The Morgan fingerprint density at radius 2 is 2.60 bits per heavy atom. The van der Waals surface area contributed by atoms with E-state index in [0.717, 1.165) is 23.1 Å². The Morgan fingerprint density at radius 3 is 3.13 bits per heavy atom. The molecule has 2 N–H and O–H groups in total. The Kier molecular flexibility index (Phi) is 2.97. The van der Waals surface area contributed by atoms with E-state index in [2.05, 4.69) is 15.7 Å². The third kappa shape index (κ3) is 2.32. The molecule has 2 heterocycles. The van der Waals surface area contributed by atoms with E-state index in [1.54, 1.807) is 16.4 Å². The maximum absolute atomic E-state index is 11.7. The fourth-order valence-electron chi connectivity index (χ4n) is 1.50. The van der Waals surface area contributed by atoms with Gasteiger partial charge in [-0.1, -0.05) is 0 Å². The van der Waals surface area contributed by atoms with Gasteiger partial charge in [0.15, 0.2) is 0 Å². The van der Waals surface area contributed by atoms with Crippen LogP contribution in [0.4, 0.5) is 5.82 Å². The Balaban J connectivity index is 2.01. The fourth-order valence-corrected chi connectivity index (χ4v) is 2.45. The van der Waals surface area contributed by atoms with Crippen molar-refractivity contribution >= 4 is 23.5 Å². The summed E-state index contributed by atoms with van der Waals surface area (Å²) in [6, 6.07) is 1.78. The normalized spacial score (nSPS) is 20.5. The number of amides is 1. The minimum absolute atomic E-state index is 0.0167. The lowest BCUT2D eigenvalue weighted by Gasteiger charge is -2.09. The van der Waals surface area contributed by atoms with Crippen LogP contribution >= 0.6 is 11.8 Å². The van der Waals surface area contributed by atoms with Crippen molar-refractivity contribution < 1.29 is 4.79 Å². The van der Waals surface area contributed by atoms with Crippen LogP contribution in [0.1, 0.15) is 5.69 Å². The summed E-state index contributed by atoms with van der Waals surface area (Å²) < 4.78 is 1.68. The predicted octanol–water partition coefficient (Wildman–Crippen LogP) is 0.330. The summed E-state index contributed by atoms with van der Waals surface area (Å²) >= 11 is 1.74. The van der Waals surface area contributed by atoms with Gasteiger partial charge in [-0.25, -0.2) is 0 Å². The van der Waals surface area contributed by atoms with Crippen molar-refractivity contribution in [2.45, 2.75) is 13.0 Å². The van der Waals surface area contributed by atoms with Crippen molar-refractivity contribution in [3.8, 4) is 0 Å². The van der Waals surface area contributed by atoms with E-state index in [1.165, 1.54) is 0 Å². The molecule has 0 bridgehead atoms. The minimum atomic E-state index is -0.0785. The number of anilines is 1. The molecular weight excluding hydrogens is 212 g/mol. The zero-order valence-corrected chi connectivity index (χ0v) is 9.60. The maximum Gasteiger partial charge on any atom is 0.243 e. The summed E-state index contributed by atoms with van der Waals surface area (Å²) in [6.45, 7) is 1.90. The molecule has 1 atom stereocenters. The van der Waals surface area contributed by atoms with E-state index < -0.39 is 0 Å². The number of carbonyl (C=O) groups is 1. The van der Waals surface area contributed by atoms with Gasteiger partial charge in [0, 0.05) is 24.7 Å². The zero-order valence-electron chi connectivity index (χ0n) is 8.78. The third-order valence-electron chi connectivity index (χ3n) is 2.29. The molecule has 15 heavy (non-hydrogen) atoms. The zero-order chi connectivity index (χ0) is 10.8. The van der Waals surface area contributed by atoms with E-state index in [-0.39, 0.29) is 11.9 Å². The van der Waals surface area contributed by atoms with Crippen LogP contribution in [0.15, 0.2) is 6.07 Å². The molecule has 6 heteroatoms. The predicted molar refractivity (Wildman–Crippen MR) is 60.8 cm³/mol. The van der Waals surface area contributed by atoms with Crippen LogP contribution in [-0.4, -0.2) is 33.4 Å². The van der Waals surface area contributed by atoms with Crippen LogP contribution < -0.4 is 10.6 Å². The van der Waals surface area contributed by atoms with Crippen molar-refractivity contribution in [2.75, 3.05) is 16.9 Å². The number of hydrogen-bond acceptors (Lipinski definition) is 4. The number of rotatable bonds is 2. The second kappa shape index (κ2) is 4.24. The van der Waals surface area contributed by atoms with E-state index in [0.29, 0.717) is 0 Å². The molecule has 1 aromatic heterocycles. The van der Waals surface area contributed by atoms with Gasteiger partial charge in [-0.3, -0.25) is 14.8 Å². The van der Waals surface area contributed by atoms with Crippen LogP contribution in [0.2, 0.25) is 0 Å². The van der Waals surface area contributed by atoms with Gasteiger partial charge in [0.05, 0.1) is 11.7 Å². The topological polar surface area (TPSA) is 59.0 Å². The van der Waals surface area contributed by atoms with Crippen LogP contribution in [0.3, 0.4) is 0 Å². The number of aromatic nitrogens is 2. The highest BCUT2D eigenvalue weighted by Crippen LogP contribution is 2.13. The molecule has 0 saturated carbocycles. The summed E-state index contributed by atoms with van der Waals surface area (Å²) in [5.41, 5.74) is 0.904. The quantitative estimate of drug-likeness (QED) is 0.763. The SMILES string of the molecule is Cc1cc(NC(=O)[C@H]2CSCN2)n(C)n1. The highest BCUT2D eigenvalue weighted by molar-refractivity contribution is 7.99. The number of carbonyl (C=O) groups excluding carboxylic acids is 1. The molecular formula is C9H14N4OS. The van der Waals surface area contributed by atoms with E-state index in [1.807, 2.05) is 20.0 Å². The summed E-state index contributed by atoms with van der Waals surface area (Å²) in [5.74, 6) is 2.45. The van der Waals surface area contributed by atoms with E-state index in [4.69, 9.17) is 0 Å². The lowest BCUT2D eigenvalue weighted by Crippen LogP contribution is -2.37. The van der Waals surface area contributed by atoms with Gasteiger partial charge in [-0.05, 0) is 6.92 Å². The minimum Gasteiger partial charge on any atom is -0.310 e. The first-order chi connectivity index (χ1) is 7.16. The number of nitrogens with one attached hydrogen (secondary N) is 2. The van der Waals surface area contributed by atoms with Crippen molar-refractivity contribution in [2.24, 2.45) is 7.05 Å². The monoisotopic (exact) mass is 226 g/mol. The number of thioether (sulfide) groups is 1. The number of hydrogen-bond donors (Lipinski definition) is 2. The highest BCUT2D eigenvalue weighted by atomic mass is 32.2. The third-order valence-corrected chi connectivity index (χ3v) is 3.23. The first-order valence-corrected chi connectivity index (χ1v) is 5.95. The fraction of sp³-hybridized carbons (Fsp3) is 0.556. The molecule has 2 rings (SSSR count). The first kappa shape index (κ1) is 10.5. The Bertz CT molecular complexity index is 370. The van der Waals surface area contributed by atoms with Gasteiger partial charge in [0.25, 0.3) is 0 Å². The number of aryl methyl sites for hydroxylation is 2. The van der Waals surface area contributed by atoms with Crippen LogP contribution in [0.25, 0.3) is 0 Å². The molecule has 1 aromatic rings. The molecule has 0 unspecified atom stereocenters. The van der Waals surface area contributed by atoms with Crippen molar-refractivity contribution in [1.82, 2.24) is 15.1 Å². The van der Waals surface area contributed by atoms with Crippen molar-refractivity contribution in [1.29, 1.82) is 0 Å². The molecule has 1 fully saturated rings. The smallest absolute Gasteiger partial charge is 0.243 e. The summed E-state index contributed by atoms with van der Waals surface area (Å²) in [6.07, 6.45) is 0. The summed E-state index contributed by atoms with van der Waals surface area (Å²) in [5, 5.41) is 10.1. The lowest BCUT2D eigenvalue weighted by molar-refractivity contribution is -0.117. The second-order valence-corrected chi connectivity index (χ2v) is 4.59. The molecule has 82 valence electrons. The molecule has 1 amide bonds. The van der Waals surface area contributed by atoms with Crippen molar-refractivity contribution in [3.05, 3.63) is 11.8 Å². The lowest BCUT2D eigenvalue weighted by atomic mass is 10.3. The molecule has 1 aliphatic rings.